The number of amides is 4. The van der Waals surface area contributed by atoms with E-state index in [4.69, 9.17) is 5.73 Å². The number of hydrogen-bond acceptors (Lipinski definition) is 3. The lowest BCUT2D eigenvalue weighted by Gasteiger charge is -2.08. The molecule has 2 aromatic rings. The van der Waals surface area contributed by atoms with Gasteiger partial charge >= 0.3 is 6.03 Å². The lowest BCUT2D eigenvalue weighted by Crippen LogP contribution is -2.34. The molecule has 0 unspecified atom stereocenters. The highest BCUT2D eigenvalue weighted by Gasteiger charge is 2.06. The minimum atomic E-state index is -0.598. The lowest BCUT2D eigenvalue weighted by molar-refractivity contribution is 0.0927. The van der Waals surface area contributed by atoms with Crippen LogP contribution in [0.2, 0.25) is 0 Å². The highest BCUT2D eigenvalue weighted by atomic mass is 16.2. The van der Waals surface area contributed by atoms with Gasteiger partial charge in [0.2, 0.25) is 0 Å². The van der Waals surface area contributed by atoms with Crippen molar-refractivity contribution < 1.29 is 14.4 Å². The normalized spacial score (nSPS) is 9.92. The van der Waals surface area contributed by atoms with Crippen LogP contribution in [-0.2, 0) is 6.54 Å². The summed E-state index contributed by atoms with van der Waals surface area (Å²) in [4.78, 5) is 34.5. The van der Waals surface area contributed by atoms with E-state index in [2.05, 4.69) is 16.0 Å². The molecule has 5 N–H and O–H groups in total. The molecule has 0 radical (unpaired) electrons. The molecule has 0 aliphatic rings. The van der Waals surface area contributed by atoms with E-state index in [0.29, 0.717) is 30.8 Å². The van der Waals surface area contributed by atoms with Gasteiger partial charge in [0.25, 0.3) is 11.8 Å². The fourth-order valence-corrected chi connectivity index (χ4v) is 2.11. The molecule has 0 heterocycles. The fraction of sp³-hybridized carbons (Fsp3) is 0.167. The highest BCUT2D eigenvalue weighted by molar-refractivity contribution is 5.95. The predicted octanol–water partition coefficient (Wildman–Crippen LogP) is 1.01. The number of carbonyl (C=O) groups is 3. The van der Waals surface area contributed by atoms with Crippen LogP contribution >= 0.6 is 0 Å². The summed E-state index contributed by atoms with van der Waals surface area (Å²) in [6.07, 6.45) is 0. The van der Waals surface area contributed by atoms with Crippen LogP contribution in [0.4, 0.5) is 4.79 Å². The van der Waals surface area contributed by atoms with E-state index < -0.39 is 6.03 Å². The zero-order valence-corrected chi connectivity index (χ0v) is 13.6. The number of rotatable bonds is 7. The maximum atomic E-state index is 12.0. The Labute approximate surface area is 145 Å². The second kappa shape index (κ2) is 9.07. The quantitative estimate of drug-likeness (QED) is 0.564. The van der Waals surface area contributed by atoms with Gasteiger partial charge in [0.1, 0.15) is 0 Å². The first-order chi connectivity index (χ1) is 12.1. The van der Waals surface area contributed by atoms with E-state index in [1.165, 1.54) is 0 Å². The molecule has 0 atom stereocenters. The van der Waals surface area contributed by atoms with Gasteiger partial charge in [-0.1, -0.05) is 30.3 Å². The Kier molecular flexibility index (Phi) is 6.53. The molecule has 7 nitrogen and oxygen atoms in total. The van der Waals surface area contributed by atoms with E-state index in [-0.39, 0.29) is 11.8 Å². The maximum Gasteiger partial charge on any atom is 0.312 e. The number of urea groups is 1. The molecule has 0 bridgehead atoms. The molecule has 7 heteroatoms. The van der Waals surface area contributed by atoms with Gasteiger partial charge in [-0.05, 0) is 29.8 Å². The van der Waals surface area contributed by atoms with Gasteiger partial charge in [0.05, 0.1) is 0 Å². The zero-order valence-electron chi connectivity index (χ0n) is 13.6. The lowest BCUT2D eigenvalue weighted by atomic mass is 10.1. The van der Waals surface area contributed by atoms with Crippen molar-refractivity contribution >= 4 is 17.8 Å². The predicted molar refractivity (Wildman–Crippen MR) is 94.0 cm³/mol. The molecule has 130 valence electrons. The molecule has 0 aromatic heterocycles. The molecule has 0 saturated carbocycles. The van der Waals surface area contributed by atoms with Crippen molar-refractivity contribution in [3.05, 3.63) is 71.3 Å². The first kappa shape index (κ1) is 18.0. The monoisotopic (exact) mass is 340 g/mol. The second-order valence-electron chi connectivity index (χ2n) is 5.29. The fourth-order valence-electron chi connectivity index (χ4n) is 2.11. The van der Waals surface area contributed by atoms with Crippen molar-refractivity contribution in [1.82, 2.24) is 16.0 Å². The minimum Gasteiger partial charge on any atom is -0.352 e. The molecule has 0 spiro atoms. The molecule has 25 heavy (non-hydrogen) atoms. The number of nitrogens with one attached hydrogen (secondary N) is 3. The minimum absolute atomic E-state index is 0.179. The molecule has 0 aliphatic carbocycles. The van der Waals surface area contributed by atoms with Crippen molar-refractivity contribution in [2.24, 2.45) is 5.73 Å². The molecular weight excluding hydrogens is 320 g/mol. The Morgan fingerprint density at radius 1 is 0.720 bits per heavy atom. The molecule has 0 aliphatic heterocycles. The SMILES string of the molecule is NC(=O)NCc1ccc(C(=O)NCCNC(=O)c2ccccc2)cc1. The van der Waals surface area contributed by atoms with E-state index in [1.807, 2.05) is 6.07 Å². The third-order valence-electron chi connectivity index (χ3n) is 3.41. The summed E-state index contributed by atoms with van der Waals surface area (Å²) in [6, 6.07) is 15.1. The van der Waals surface area contributed by atoms with Crippen LogP contribution in [0.15, 0.2) is 54.6 Å². The van der Waals surface area contributed by atoms with Crippen LogP contribution in [0.25, 0.3) is 0 Å². The summed E-state index contributed by atoms with van der Waals surface area (Å²) in [7, 11) is 0. The Balaban J connectivity index is 1.73. The van der Waals surface area contributed by atoms with Crippen molar-refractivity contribution in [2.45, 2.75) is 6.54 Å². The van der Waals surface area contributed by atoms with Crippen molar-refractivity contribution in [3.63, 3.8) is 0 Å². The third kappa shape index (κ3) is 5.98. The van der Waals surface area contributed by atoms with Crippen LogP contribution in [0.3, 0.4) is 0 Å². The second-order valence-corrected chi connectivity index (χ2v) is 5.29. The van der Waals surface area contributed by atoms with E-state index in [9.17, 15) is 14.4 Å². The molecule has 4 amide bonds. The molecule has 2 aromatic carbocycles. The maximum absolute atomic E-state index is 12.0. The van der Waals surface area contributed by atoms with Crippen LogP contribution in [-0.4, -0.2) is 30.9 Å². The van der Waals surface area contributed by atoms with Crippen LogP contribution in [0.5, 0.6) is 0 Å². The third-order valence-corrected chi connectivity index (χ3v) is 3.41. The van der Waals surface area contributed by atoms with Gasteiger partial charge in [-0.15, -0.1) is 0 Å². The van der Waals surface area contributed by atoms with Gasteiger partial charge in [0, 0.05) is 30.8 Å². The number of benzene rings is 2. The van der Waals surface area contributed by atoms with E-state index >= 15 is 0 Å². The number of carbonyl (C=O) groups excluding carboxylic acids is 3. The van der Waals surface area contributed by atoms with Crippen molar-refractivity contribution in [3.8, 4) is 0 Å². The topological polar surface area (TPSA) is 113 Å². The summed E-state index contributed by atoms with van der Waals surface area (Å²) < 4.78 is 0. The average Bonchev–Trinajstić information content (AvgIpc) is 2.64. The summed E-state index contributed by atoms with van der Waals surface area (Å²) in [6.45, 7) is 0.964. The van der Waals surface area contributed by atoms with E-state index in [1.54, 1.807) is 48.5 Å². The summed E-state index contributed by atoms with van der Waals surface area (Å²) in [5, 5.41) is 7.94. The van der Waals surface area contributed by atoms with Gasteiger partial charge in [-0.3, -0.25) is 9.59 Å². The number of hydrogen-bond donors (Lipinski definition) is 4. The molecule has 0 fully saturated rings. The Hall–Kier alpha value is -3.35. The Bertz CT molecular complexity index is 730. The number of primary amides is 1. The van der Waals surface area contributed by atoms with Gasteiger partial charge in [0.15, 0.2) is 0 Å². The van der Waals surface area contributed by atoms with Crippen molar-refractivity contribution in [2.75, 3.05) is 13.1 Å². The van der Waals surface area contributed by atoms with E-state index in [0.717, 1.165) is 5.56 Å². The Morgan fingerprint density at radius 2 is 1.24 bits per heavy atom. The van der Waals surface area contributed by atoms with Crippen LogP contribution in [0.1, 0.15) is 26.3 Å². The van der Waals surface area contributed by atoms with Crippen LogP contribution < -0.4 is 21.7 Å². The molecule has 0 saturated heterocycles. The van der Waals surface area contributed by atoms with Crippen molar-refractivity contribution in [1.29, 1.82) is 0 Å². The Morgan fingerprint density at radius 3 is 1.76 bits per heavy atom. The summed E-state index contributed by atoms with van der Waals surface area (Å²) in [5.74, 6) is -0.412. The van der Waals surface area contributed by atoms with Crippen LogP contribution in [0, 0.1) is 0 Å². The first-order valence-corrected chi connectivity index (χ1v) is 7.80. The average molecular weight is 340 g/mol. The highest BCUT2D eigenvalue weighted by Crippen LogP contribution is 2.04. The first-order valence-electron chi connectivity index (χ1n) is 7.80. The smallest absolute Gasteiger partial charge is 0.312 e. The van der Waals surface area contributed by atoms with Gasteiger partial charge < -0.3 is 21.7 Å². The summed E-state index contributed by atoms with van der Waals surface area (Å²) in [5.41, 5.74) is 6.91. The standard InChI is InChI=1S/C18H20N4O3/c19-18(25)22-12-13-6-8-15(9-7-13)17(24)21-11-10-20-16(23)14-4-2-1-3-5-14/h1-9H,10-12H2,(H,20,23)(H,21,24)(H3,19,22,25). The largest absolute Gasteiger partial charge is 0.352 e. The summed E-state index contributed by atoms with van der Waals surface area (Å²) >= 11 is 0. The molecule has 2 rings (SSSR count). The number of nitrogens with two attached hydrogens (primary N) is 1. The zero-order chi connectivity index (χ0) is 18.1. The van der Waals surface area contributed by atoms with Gasteiger partial charge in [-0.25, -0.2) is 4.79 Å². The van der Waals surface area contributed by atoms with Gasteiger partial charge in [-0.2, -0.15) is 0 Å². The molecular formula is C18H20N4O3.